The number of anilines is 1. The van der Waals surface area contributed by atoms with Crippen molar-refractivity contribution < 1.29 is 13.9 Å². The number of nitrogens with zero attached hydrogens (tertiary/aromatic N) is 3. The summed E-state index contributed by atoms with van der Waals surface area (Å²) in [6.45, 7) is -0.00570. The number of rotatable bonds is 6. The van der Waals surface area contributed by atoms with E-state index in [9.17, 15) is 4.79 Å². The summed E-state index contributed by atoms with van der Waals surface area (Å²) < 4.78 is 10.3. The van der Waals surface area contributed by atoms with E-state index in [1.165, 1.54) is 12.3 Å². The second-order valence-electron chi connectivity index (χ2n) is 4.82. The van der Waals surface area contributed by atoms with Crippen LogP contribution >= 0.6 is 0 Å². The molecule has 0 radical (unpaired) electrons. The van der Waals surface area contributed by atoms with E-state index in [-0.39, 0.29) is 18.5 Å². The number of aromatic amines is 1. The lowest BCUT2D eigenvalue weighted by molar-refractivity contribution is -0.111. The molecule has 0 fully saturated rings. The number of benzene rings is 1. The first-order chi connectivity index (χ1) is 12.2. The van der Waals surface area contributed by atoms with Crippen LogP contribution in [0.15, 0.2) is 53.2 Å². The fraction of sp³-hybridized carbons (Fsp3) is 0.0588. The Hall–Kier alpha value is -3.86. The molecular formula is C17H13N5O3. The Morgan fingerprint density at radius 1 is 1.36 bits per heavy atom. The lowest BCUT2D eigenvalue weighted by Crippen LogP contribution is -2.09. The summed E-state index contributed by atoms with van der Waals surface area (Å²) in [5, 5.41) is 17.6. The molecule has 0 spiro atoms. The van der Waals surface area contributed by atoms with E-state index in [0.717, 1.165) is 5.56 Å². The topological polar surface area (TPSA) is 117 Å². The highest BCUT2D eigenvalue weighted by Crippen LogP contribution is 2.16. The zero-order valence-electron chi connectivity index (χ0n) is 13.0. The molecule has 124 valence electrons. The fourth-order valence-corrected chi connectivity index (χ4v) is 1.96. The van der Waals surface area contributed by atoms with Crippen LogP contribution in [0.1, 0.15) is 5.56 Å². The molecule has 1 amide bonds. The van der Waals surface area contributed by atoms with Crippen LogP contribution in [-0.4, -0.2) is 27.7 Å². The number of aromatic nitrogens is 3. The Balaban J connectivity index is 1.57. The predicted molar refractivity (Wildman–Crippen MR) is 89.3 cm³/mol. The number of carbonyl (C=O) groups excluding carboxylic acids is 1. The number of nitriles is 1. The SMILES string of the molecule is N#CCOc1ccc(C=CC(=O)Nc2n[nH]c(-c3ccco3)n2)cc1. The van der Waals surface area contributed by atoms with Crippen molar-refractivity contribution in [3.8, 4) is 23.4 Å². The Morgan fingerprint density at radius 3 is 2.92 bits per heavy atom. The van der Waals surface area contributed by atoms with Gasteiger partial charge in [-0.2, -0.15) is 10.2 Å². The largest absolute Gasteiger partial charge is 0.479 e. The van der Waals surface area contributed by atoms with Gasteiger partial charge in [0.05, 0.1) is 6.26 Å². The Morgan fingerprint density at radius 2 is 2.20 bits per heavy atom. The van der Waals surface area contributed by atoms with Gasteiger partial charge in [0.1, 0.15) is 11.8 Å². The van der Waals surface area contributed by atoms with Gasteiger partial charge in [-0.3, -0.25) is 15.2 Å². The minimum absolute atomic E-state index is 0.00570. The van der Waals surface area contributed by atoms with Crippen molar-refractivity contribution in [2.45, 2.75) is 0 Å². The van der Waals surface area contributed by atoms with Crippen LogP contribution in [0.4, 0.5) is 5.95 Å². The standard InChI is InChI=1S/C17H13N5O3/c18-9-11-24-13-6-3-12(4-7-13)5-8-15(23)19-17-20-16(21-22-17)14-2-1-10-25-14/h1-8,10H,11H2,(H2,19,20,21,22,23). The number of hydrogen-bond acceptors (Lipinski definition) is 6. The number of carbonyl (C=O) groups is 1. The Labute approximate surface area is 142 Å². The van der Waals surface area contributed by atoms with Gasteiger partial charge in [-0.05, 0) is 35.9 Å². The predicted octanol–water partition coefficient (Wildman–Crippen LogP) is 2.62. The first-order valence-corrected chi connectivity index (χ1v) is 7.30. The average molecular weight is 335 g/mol. The van der Waals surface area contributed by atoms with Gasteiger partial charge >= 0.3 is 0 Å². The van der Waals surface area contributed by atoms with Crippen molar-refractivity contribution in [3.05, 3.63) is 54.3 Å². The number of amides is 1. The molecule has 0 atom stereocenters. The lowest BCUT2D eigenvalue weighted by Gasteiger charge is -2.01. The van der Waals surface area contributed by atoms with Crippen molar-refractivity contribution in [2.24, 2.45) is 0 Å². The molecule has 2 heterocycles. The Bertz CT molecular complexity index is 905. The van der Waals surface area contributed by atoms with Gasteiger partial charge in [-0.1, -0.05) is 12.1 Å². The molecule has 0 saturated heterocycles. The van der Waals surface area contributed by atoms with E-state index in [4.69, 9.17) is 14.4 Å². The molecule has 2 aromatic heterocycles. The third-order valence-corrected chi connectivity index (χ3v) is 3.09. The van der Waals surface area contributed by atoms with E-state index in [0.29, 0.717) is 17.3 Å². The molecule has 2 N–H and O–H groups in total. The van der Waals surface area contributed by atoms with E-state index in [1.807, 2.05) is 6.07 Å². The minimum Gasteiger partial charge on any atom is -0.479 e. The van der Waals surface area contributed by atoms with Crippen LogP contribution in [-0.2, 0) is 4.79 Å². The van der Waals surface area contributed by atoms with Gasteiger partial charge in [-0.15, -0.1) is 5.10 Å². The van der Waals surface area contributed by atoms with Gasteiger partial charge in [0, 0.05) is 6.08 Å². The Kier molecular flexibility index (Phi) is 4.87. The van der Waals surface area contributed by atoms with Crippen LogP contribution in [0.5, 0.6) is 5.75 Å². The number of furan rings is 1. The van der Waals surface area contributed by atoms with E-state index in [2.05, 4.69) is 20.5 Å². The maximum Gasteiger partial charge on any atom is 0.250 e. The summed E-state index contributed by atoms with van der Waals surface area (Å²) in [4.78, 5) is 16.0. The molecule has 8 heteroatoms. The molecule has 0 aliphatic rings. The van der Waals surface area contributed by atoms with Crippen molar-refractivity contribution in [2.75, 3.05) is 11.9 Å². The summed E-state index contributed by atoms with van der Waals surface area (Å²) in [6.07, 6.45) is 4.53. The molecule has 25 heavy (non-hydrogen) atoms. The third kappa shape index (κ3) is 4.33. The van der Waals surface area contributed by atoms with Crippen molar-refractivity contribution >= 4 is 17.9 Å². The van der Waals surface area contributed by atoms with Gasteiger partial charge in [0.25, 0.3) is 5.91 Å². The third-order valence-electron chi connectivity index (χ3n) is 3.09. The van der Waals surface area contributed by atoms with Crippen LogP contribution in [0.3, 0.4) is 0 Å². The first-order valence-electron chi connectivity index (χ1n) is 7.30. The van der Waals surface area contributed by atoms with Gasteiger partial charge in [0.15, 0.2) is 18.2 Å². The molecule has 0 bridgehead atoms. The quantitative estimate of drug-likeness (QED) is 0.669. The molecule has 3 aromatic rings. The highest BCUT2D eigenvalue weighted by Gasteiger charge is 2.09. The van der Waals surface area contributed by atoms with Crippen LogP contribution < -0.4 is 10.1 Å². The average Bonchev–Trinajstić information content (AvgIpc) is 3.30. The number of ether oxygens (including phenoxy) is 1. The number of nitrogens with one attached hydrogen (secondary N) is 2. The molecule has 0 aliphatic carbocycles. The minimum atomic E-state index is -0.366. The smallest absolute Gasteiger partial charge is 0.250 e. The highest BCUT2D eigenvalue weighted by molar-refractivity contribution is 6.00. The fourth-order valence-electron chi connectivity index (χ4n) is 1.96. The lowest BCUT2D eigenvalue weighted by atomic mass is 10.2. The first kappa shape index (κ1) is 16.0. The molecule has 0 saturated carbocycles. The second-order valence-corrected chi connectivity index (χ2v) is 4.82. The van der Waals surface area contributed by atoms with E-state index >= 15 is 0 Å². The summed E-state index contributed by atoms with van der Waals surface area (Å²) >= 11 is 0. The van der Waals surface area contributed by atoms with Crippen LogP contribution in [0.2, 0.25) is 0 Å². The highest BCUT2D eigenvalue weighted by atomic mass is 16.5. The van der Waals surface area contributed by atoms with Gasteiger partial charge < -0.3 is 9.15 Å². The number of hydrogen-bond donors (Lipinski definition) is 2. The van der Waals surface area contributed by atoms with Gasteiger partial charge in [0.2, 0.25) is 5.95 Å². The van der Waals surface area contributed by atoms with Crippen molar-refractivity contribution in [3.63, 3.8) is 0 Å². The van der Waals surface area contributed by atoms with Crippen molar-refractivity contribution in [1.82, 2.24) is 15.2 Å². The maximum atomic E-state index is 11.9. The number of H-pyrrole nitrogens is 1. The normalized spacial score (nSPS) is 10.5. The zero-order chi connectivity index (χ0) is 17.5. The second kappa shape index (κ2) is 7.61. The van der Waals surface area contributed by atoms with E-state index < -0.39 is 0 Å². The summed E-state index contributed by atoms with van der Waals surface area (Å²) in [6, 6.07) is 12.4. The maximum absolute atomic E-state index is 11.9. The summed E-state index contributed by atoms with van der Waals surface area (Å²) in [5.41, 5.74) is 0.811. The molecular weight excluding hydrogens is 322 g/mol. The van der Waals surface area contributed by atoms with Crippen LogP contribution in [0.25, 0.3) is 17.7 Å². The van der Waals surface area contributed by atoms with Gasteiger partial charge in [-0.25, -0.2) is 0 Å². The zero-order valence-corrected chi connectivity index (χ0v) is 13.0. The molecule has 0 unspecified atom stereocenters. The summed E-state index contributed by atoms with van der Waals surface area (Å²) in [7, 11) is 0. The molecule has 8 nitrogen and oxygen atoms in total. The molecule has 1 aromatic carbocycles. The molecule has 3 rings (SSSR count). The van der Waals surface area contributed by atoms with Crippen molar-refractivity contribution in [1.29, 1.82) is 5.26 Å². The summed E-state index contributed by atoms with van der Waals surface area (Å²) in [5.74, 6) is 1.34. The van der Waals surface area contributed by atoms with Crippen LogP contribution in [0, 0.1) is 11.3 Å². The molecule has 0 aliphatic heterocycles. The monoisotopic (exact) mass is 335 g/mol. The van der Waals surface area contributed by atoms with E-state index in [1.54, 1.807) is 42.5 Å².